The standard InChI is InChI=1S/C18H24ClN3O/c1-13-9-21(10-14(2)23-13)12-17-15(3)20-22(18(17)19)11-16-7-5-4-6-8-16/h4-8,13-14H,9-12H2,1-3H3/t13-,14-/m0/s1. The molecular formula is C18H24ClN3O. The zero-order chi connectivity index (χ0) is 16.4. The summed E-state index contributed by atoms with van der Waals surface area (Å²) in [6.07, 6.45) is 0.523. The summed E-state index contributed by atoms with van der Waals surface area (Å²) in [6, 6.07) is 10.3. The highest BCUT2D eigenvalue weighted by molar-refractivity contribution is 6.30. The second-order valence-electron chi connectivity index (χ2n) is 6.45. The van der Waals surface area contributed by atoms with Crippen LogP contribution in [0.5, 0.6) is 0 Å². The number of morpholine rings is 1. The van der Waals surface area contributed by atoms with E-state index >= 15 is 0 Å². The lowest BCUT2D eigenvalue weighted by atomic mass is 10.2. The molecular weight excluding hydrogens is 310 g/mol. The Morgan fingerprint density at radius 1 is 1.13 bits per heavy atom. The van der Waals surface area contributed by atoms with Crippen molar-refractivity contribution >= 4 is 11.6 Å². The van der Waals surface area contributed by atoms with Crippen LogP contribution < -0.4 is 0 Å². The number of ether oxygens (including phenoxy) is 1. The first-order chi connectivity index (χ1) is 11.0. The fraction of sp³-hybridized carbons (Fsp3) is 0.500. The number of nitrogens with zero attached hydrogens (tertiary/aromatic N) is 3. The van der Waals surface area contributed by atoms with Crippen molar-refractivity contribution in [1.82, 2.24) is 14.7 Å². The third-order valence-corrected chi connectivity index (χ3v) is 4.66. The Balaban J connectivity index is 1.75. The van der Waals surface area contributed by atoms with Gasteiger partial charge in [0, 0.05) is 25.2 Å². The molecule has 4 nitrogen and oxygen atoms in total. The fourth-order valence-corrected chi connectivity index (χ4v) is 3.56. The summed E-state index contributed by atoms with van der Waals surface area (Å²) < 4.78 is 7.70. The van der Waals surface area contributed by atoms with Crippen LogP contribution in [0.15, 0.2) is 30.3 Å². The first-order valence-electron chi connectivity index (χ1n) is 8.16. The van der Waals surface area contributed by atoms with E-state index in [1.54, 1.807) is 0 Å². The van der Waals surface area contributed by atoms with Crippen molar-refractivity contribution in [3.63, 3.8) is 0 Å². The largest absolute Gasteiger partial charge is 0.373 e. The van der Waals surface area contributed by atoms with Crippen molar-refractivity contribution in [3.8, 4) is 0 Å². The van der Waals surface area contributed by atoms with Crippen LogP contribution in [0.2, 0.25) is 5.15 Å². The molecule has 0 N–H and O–H groups in total. The lowest BCUT2D eigenvalue weighted by Crippen LogP contribution is -2.44. The SMILES string of the molecule is Cc1nn(Cc2ccccc2)c(Cl)c1CN1C[C@H](C)O[C@@H](C)C1. The van der Waals surface area contributed by atoms with Gasteiger partial charge in [0.25, 0.3) is 0 Å². The minimum absolute atomic E-state index is 0.261. The van der Waals surface area contributed by atoms with Gasteiger partial charge >= 0.3 is 0 Å². The van der Waals surface area contributed by atoms with Gasteiger partial charge in [-0.15, -0.1) is 0 Å². The van der Waals surface area contributed by atoms with Crippen molar-refractivity contribution in [3.05, 3.63) is 52.3 Å². The number of aryl methyl sites for hydroxylation is 1. The number of aromatic nitrogens is 2. The average Bonchev–Trinajstić information content (AvgIpc) is 2.75. The Hall–Kier alpha value is -1.36. The van der Waals surface area contributed by atoms with Crippen LogP contribution in [-0.2, 0) is 17.8 Å². The van der Waals surface area contributed by atoms with E-state index in [-0.39, 0.29) is 12.2 Å². The van der Waals surface area contributed by atoms with Crippen LogP contribution in [0, 0.1) is 6.92 Å². The maximum Gasteiger partial charge on any atom is 0.132 e. The number of hydrogen-bond acceptors (Lipinski definition) is 3. The van der Waals surface area contributed by atoms with Crippen molar-refractivity contribution in [2.24, 2.45) is 0 Å². The molecule has 1 aromatic carbocycles. The summed E-state index contributed by atoms with van der Waals surface area (Å²) in [4.78, 5) is 2.40. The molecule has 0 spiro atoms. The van der Waals surface area contributed by atoms with Gasteiger partial charge in [-0.25, -0.2) is 4.68 Å². The fourth-order valence-electron chi connectivity index (χ4n) is 3.27. The zero-order valence-electron chi connectivity index (χ0n) is 14.0. The predicted molar refractivity (Wildman–Crippen MR) is 92.8 cm³/mol. The molecule has 0 amide bonds. The second-order valence-corrected chi connectivity index (χ2v) is 6.81. The van der Waals surface area contributed by atoms with Crippen LogP contribution in [-0.4, -0.2) is 40.0 Å². The number of hydrogen-bond donors (Lipinski definition) is 0. The van der Waals surface area contributed by atoms with E-state index in [0.29, 0.717) is 6.54 Å². The van der Waals surface area contributed by atoms with Gasteiger partial charge in [0.1, 0.15) is 5.15 Å². The molecule has 124 valence electrons. The zero-order valence-corrected chi connectivity index (χ0v) is 14.8. The Labute approximate surface area is 143 Å². The molecule has 1 saturated heterocycles. The average molecular weight is 334 g/mol. The van der Waals surface area contributed by atoms with E-state index in [4.69, 9.17) is 16.3 Å². The molecule has 3 rings (SSSR count). The summed E-state index contributed by atoms with van der Waals surface area (Å²) in [6.45, 7) is 9.68. The molecule has 2 aromatic rings. The number of halogens is 1. The normalized spacial score (nSPS) is 22.4. The summed E-state index contributed by atoms with van der Waals surface area (Å²) >= 11 is 6.61. The van der Waals surface area contributed by atoms with Gasteiger partial charge in [0.05, 0.1) is 24.4 Å². The minimum Gasteiger partial charge on any atom is -0.373 e. The van der Waals surface area contributed by atoms with Gasteiger partial charge < -0.3 is 4.74 Å². The van der Waals surface area contributed by atoms with Crippen molar-refractivity contribution < 1.29 is 4.74 Å². The highest BCUT2D eigenvalue weighted by atomic mass is 35.5. The molecule has 0 aliphatic carbocycles. The number of benzene rings is 1. The van der Waals surface area contributed by atoms with Gasteiger partial charge in [-0.1, -0.05) is 41.9 Å². The summed E-state index contributed by atoms with van der Waals surface area (Å²) in [5.74, 6) is 0. The van der Waals surface area contributed by atoms with Crippen LogP contribution >= 0.6 is 11.6 Å². The Kier molecular flexibility index (Phi) is 5.05. The molecule has 2 atom stereocenters. The third kappa shape index (κ3) is 3.94. The van der Waals surface area contributed by atoms with Gasteiger partial charge in [-0.2, -0.15) is 5.10 Å². The molecule has 1 fully saturated rings. The Bertz CT molecular complexity index is 646. The van der Waals surface area contributed by atoms with Crippen LogP contribution in [0.3, 0.4) is 0 Å². The van der Waals surface area contributed by atoms with Crippen molar-refractivity contribution in [2.45, 2.75) is 46.1 Å². The molecule has 0 bridgehead atoms. The monoisotopic (exact) mass is 333 g/mol. The van der Waals surface area contributed by atoms with Crippen molar-refractivity contribution in [1.29, 1.82) is 0 Å². The molecule has 1 aromatic heterocycles. The molecule has 1 aliphatic heterocycles. The Morgan fingerprint density at radius 2 is 1.78 bits per heavy atom. The Morgan fingerprint density at radius 3 is 2.43 bits per heavy atom. The molecule has 5 heteroatoms. The lowest BCUT2D eigenvalue weighted by Gasteiger charge is -2.35. The lowest BCUT2D eigenvalue weighted by molar-refractivity contribution is -0.0705. The topological polar surface area (TPSA) is 30.3 Å². The maximum atomic E-state index is 6.61. The van der Waals surface area contributed by atoms with E-state index in [1.165, 1.54) is 5.56 Å². The first-order valence-corrected chi connectivity index (χ1v) is 8.54. The summed E-state index contributed by atoms with van der Waals surface area (Å²) in [5.41, 5.74) is 3.35. The predicted octanol–water partition coefficient (Wildman–Crippen LogP) is 3.50. The van der Waals surface area contributed by atoms with E-state index in [2.05, 4.69) is 36.0 Å². The van der Waals surface area contributed by atoms with Crippen LogP contribution in [0.4, 0.5) is 0 Å². The highest BCUT2D eigenvalue weighted by Crippen LogP contribution is 2.24. The van der Waals surface area contributed by atoms with Gasteiger partial charge in [-0.3, -0.25) is 4.90 Å². The third-order valence-electron chi connectivity index (χ3n) is 4.24. The number of rotatable bonds is 4. The highest BCUT2D eigenvalue weighted by Gasteiger charge is 2.24. The molecule has 0 saturated carbocycles. The quantitative estimate of drug-likeness (QED) is 0.857. The van der Waals surface area contributed by atoms with Gasteiger partial charge in [0.15, 0.2) is 0 Å². The van der Waals surface area contributed by atoms with Gasteiger partial charge in [-0.05, 0) is 26.3 Å². The van der Waals surface area contributed by atoms with Crippen molar-refractivity contribution in [2.75, 3.05) is 13.1 Å². The molecule has 0 radical (unpaired) electrons. The van der Waals surface area contributed by atoms with E-state index in [1.807, 2.05) is 29.8 Å². The minimum atomic E-state index is 0.261. The summed E-state index contributed by atoms with van der Waals surface area (Å²) in [5, 5.41) is 5.38. The molecule has 2 heterocycles. The molecule has 1 aliphatic rings. The van der Waals surface area contributed by atoms with E-state index in [9.17, 15) is 0 Å². The maximum absolute atomic E-state index is 6.61. The second kappa shape index (κ2) is 7.04. The molecule has 0 unspecified atom stereocenters. The van der Waals surface area contributed by atoms with Gasteiger partial charge in [0.2, 0.25) is 0 Å². The van der Waals surface area contributed by atoms with Crippen LogP contribution in [0.1, 0.15) is 30.7 Å². The summed E-state index contributed by atoms with van der Waals surface area (Å²) in [7, 11) is 0. The van der Waals surface area contributed by atoms with E-state index in [0.717, 1.165) is 36.0 Å². The van der Waals surface area contributed by atoms with E-state index < -0.39 is 0 Å². The van der Waals surface area contributed by atoms with Crippen LogP contribution in [0.25, 0.3) is 0 Å². The molecule has 23 heavy (non-hydrogen) atoms. The first kappa shape index (κ1) is 16.5. The smallest absolute Gasteiger partial charge is 0.132 e.